The van der Waals surface area contributed by atoms with Gasteiger partial charge < -0.3 is 10.2 Å². The summed E-state index contributed by atoms with van der Waals surface area (Å²) in [5.74, 6) is -0.158. The smallest absolute Gasteiger partial charge is 0.251 e. The van der Waals surface area contributed by atoms with E-state index in [1.165, 1.54) is 12.1 Å². The molecule has 0 radical (unpaired) electrons. The van der Waals surface area contributed by atoms with Gasteiger partial charge in [-0.15, -0.1) is 0 Å². The van der Waals surface area contributed by atoms with Crippen molar-refractivity contribution in [2.75, 3.05) is 0 Å². The van der Waals surface area contributed by atoms with Crippen molar-refractivity contribution in [3.05, 3.63) is 71.0 Å². The standard InChI is InChI=1S/C23H25FN2O2/c24-19-8-3-16(4-9-19)5-14-22(27)26(21-12-13-21)15-17-1-6-18(7-2-17)23(28)25-20-10-11-20/h1-4,6-9,20-21H,5,10-15H2,(H,25,28). The summed E-state index contributed by atoms with van der Waals surface area (Å²) in [6, 6.07) is 14.5. The number of carbonyl (C=O) groups excluding carboxylic acids is 2. The molecule has 0 aromatic heterocycles. The maximum Gasteiger partial charge on any atom is 0.251 e. The highest BCUT2D eigenvalue weighted by Gasteiger charge is 2.32. The van der Waals surface area contributed by atoms with Crippen molar-refractivity contribution in [1.29, 1.82) is 0 Å². The lowest BCUT2D eigenvalue weighted by Crippen LogP contribution is -2.32. The van der Waals surface area contributed by atoms with Crippen molar-refractivity contribution in [2.45, 2.75) is 57.2 Å². The summed E-state index contributed by atoms with van der Waals surface area (Å²) < 4.78 is 13.0. The van der Waals surface area contributed by atoms with Crippen LogP contribution in [0.3, 0.4) is 0 Å². The number of benzene rings is 2. The van der Waals surface area contributed by atoms with E-state index < -0.39 is 0 Å². The Hall–Kier alpha value is -2.69. The molecule has 5 heteroatoms. The van der Waals surface area contributed by atoms with Gasteiger partial charge in [0.15, 0.2) is 0 Å². The fourth-order valence-corrected chi connectivity index (χ4v) is 3.31. The zero-order valence-corrected chi connectivity index (χ0v) is 15.9. The molecule has 0 saturated heterocycles. The van der Waals surface area contributed by atoms with E-state index in [0.717, 1.165) is 36.8 Å². The zero-order valence-electron chi connectivity index (χ0n) is 15.9. The highest BCUT2D eigenvalue weighted by atomic mass is 19.1. The molecule has 0 aliphatic heterocycles. The number of aryl methyl sites for hydroxylation is 1. The lowest BCUT2D eigenvalue weighted by molar-refractivity contribution is -0.132. The van der Waals surface area contributed by atoms with Crippen LogP contribution in [0, 0.1) is 5.82 Å². The Morgan fingerprint density at radius 3 is 2.18 bits per heavy atom. The summed E-state index contributed by atoms with van der Waals surface area (Å²) in [6.07, 6.45) is 5.27. The van der Waals surface area contributed by atoms with Gasteiger partial charge in [-0.3, -0.25) is 9.59 Å². The van der Waals surface area contributed by atoms with E-state index >= 15 is 0 Å². The Balaban J connectivity index is 1.34. The van der Waals surface area contributed by atoms with Gasteiger partial charge in [0.05, 0.1) is 0 Å². The molecular weight excluding hydrogens is 355 g/mol. The Labute approximate surface area is 164 Å². The summed E-state index contributed by atoms with van der Waals surface area (Å²) in [6.45, 7) is 0.567. The molecule has 146 valence electrons. The Bertz CT molecular complexity index is 840. The first-order valence-electron chi connectivity index (χ1n) is 10.0. The van der Waals surface area contributed by atoms with Crippen LogP contribution in [0.5, 0.6) is 0 Å². The van der Waals surface area contributed by atoms with Crippen LogP contribution >= 0.6 is 0 Å². The summed E-state index contributed by atoms with van der Waals surface area (Å²) in [7, 11) is 0. The number of halogens is 1. The van der Waals surface area contributed by atoms with Crippen molar-refractivity contribution < 1.29 is 14.0 Å². The summed E-state index contributed by atoms with van der Waals surface area (Å²) >= 11 is 0. The number of nitrogens with zero attached hydrogens (tertiary/aromatic N) is 1. The molecule has 0 bridgehead atoms. The van der Waals surface area contributed by atoms with Gasteiger partial charge in [0.1, 0.15) is 5.82 Å². The van der Waals surface area contributed by atoms with Gasteiger partial charge in [-0.05, 0) is 67.5 Å². The molecule has 2 saturated carbocycles. The number of amides is 2. The van der Waals surface area contributed by atoms with Crippen molar-refractivity contribution in [1.82, 2.24) is 10.2 Å². The van der Waals surface area contributed by atoms with Crippen LogP contribution in [-0.4, -0.2) is 28.8 Å². The number of nitrogens with one attached hydrogen (secondary N) is 1. The highest BCUT2D eigenvalue weighted by Crippen LogP contribution is 2.29. The number of rotatable bonds is 8. The molecule has 2 fully saturated rings. The van der Waals surface area contributed by atoms with Crippen LogP contribution in [0.15, 0.2) is 48.5 Å². The molecule has 2 aliphatic carbocycles. The van der Waals surface area contributed by atoms with Crippen molar-refractivity contribution >= 4 is 11.8 Å². The second-order valence-corrected chi connectivity index (χ2v) is 7.82. The molecule has 1 N–H and O–H groups in total. The van der Waals surface area contributed by atoms with E-state index in [-0.39, 0.29) is 17.6 Å². The first-order chi connectivity index (χ1) is 13.6. The molecule has 2 aromatic rings. The minimum Gasteiger partial charge on any atom is -0.349 e. The van der Waals surface area contributed by atoms with Gasteiger partial charge in [0.25, 0.3) is 5.91 Å². The van der Waals surface area contributed by atoms with Crippen LogP contribution in [0.25, 0.3) is 0 Å². The fourth-order valence-electron chi connectivity index (χ4n) is 3.31. The van der Waals surface area contributed by atoms with Crippen LogP contribution < -0.4 is 5.32 Å². The molecule has 4 rings (SSSR count). The van der Waals surface area contributed by atoms with Crippen molar-refractivity contribution in [2.24, 2.45) is 0 Å². The first-order valence-corrected chi connectivity index (χ1v) is 10.0. The monoisotopic (exact) mass is 380 g/mol. The average molecular weight is 380 g/mol. The Kier molecular flexibility index (Phi) is 5.42. The van der Waals surface area contributed by atoms with E-state index in [0.29, 0.717) is 37.0 Å². The average Bonchev–Trinajstić information content (AvgIpc) is 3.60. The minimum atomic E-state index is -0.260. The first kappa shape index (κ1) is 18.7. The Morgan fingerprint density at radius 1 is 0.929 bits per heavy atom. The second-order valence-electron chi connectivity index (χ2n) is 7.82. The molecule has 0 unspecified atom stereocenters. The molecule has 28 heavy (non-hydrogen) atoms. The van der Waals surface area contributed by atoms with Crippen LogP contribution in [0.2, 0.25) is 0 Å². The predicted octanol–water partition coefficient (Wildman–Crippen LogP) is 3.84. The third kappa shape index (κ3) is 4.97. The third-order valence-corrected chi connectivity index (χ3v) is 5.33. The van der Waals surface area contributed by atoms with Gasteiger partial charge in [-0.1, -0.05) is 24.3 Å². The van der Waals surface area contributed by atoms with Crippen molar-refractivity contribution in [3.8, 4) is 0 Å². The molecule has 4 nitrogen and oxygen atoms in total. The van der Waals surface area contributed by atoms with Gasteiger partial charge in [0.2, 0.25) is 5.91 Å². The molecule has 0 atom stereocenters. The third-order valence-electron chi connectivity index (χ3n) is 5.33. The fraction of sp³-hybridized carbons (Fsp3) is 0.391. The normalized spacial score (nSPS) is 15.9. The number of hydrogen-bond acceptors (Lipinski definition) is 2. The molecule has 2 amide bonds. The summed E-state index contributed by atoms with van der Waals surface area (Å²) in [5, 5.41) is 2.99. The molecule has 2 aromatic carbocycles. The van der Waals surface area contributed by atoms with Gasteiger partial charge in [0, 0.05) is 30.6 Å². The largest absolute Gasteiger partial charge is 0.349 e. The minimum absolute atomic E-state index is 0.0246. The highest BCUT2D eigenvalue weighted by molar-refractivity contribution is 5.94. The van der Waals surface area contributed by atoms with E-state index in [2.05, 4.69) is 5.32 Å². The summed E-state index contributed by atoms with van der Waals surface area (Å²) in [5.41, 5.74) is 2.66. The molecule has 0 spiro atoms. The van der Waals surface area contributed by atoms with E-state index in [1.54, 1.807) is 12.1 Å². The van der Waals surface area contributed by atoms with Gasteiger partial charge >= 0.3 is 0 Å². The summed E-state index contributed by atoms with van der Waals surface area (Å²) in [4.78, 5) is 26.8. The lowest BCUT2D eigenvalue weighted by atomic mass is 10.1. The topological polar surface area (TPSA) is 49.4 Å². The van der Waals surface area contributed by atoms with E-state index in [1.807, 2.05) is 29.2 Å². The van der Waals surface area contributed by atoms with Crippen LogP contribution in [0.4, 0.5) is 4.39 Å². The lowest BCUT2D eigenvalue weighted by Gasteiger charge is -2.23. The quantitative estimate of drug-likeness (QED) is 0.756. The molecule has 2 aliphatic rings. The van der Waals surface area contributed by atoms with Crippen molar-refractivity contribution in [3.63, 3.8) is 0 Å². The molecule has 0 heterocycles. The second kappa shape index (κ2) is 8.13. The van der Waals surface area contributed by atoms with Crippen LogP contribution in [0.1, 0.15) is 53.6 Å². The van der Waals surface area contributed by atoms with Crippen LogP contribution in [-0.2, 0) is 17.8 Å². The molecular formula is C23H25FN2O2. The predicted molar refractivity (Wildman–Crippen MR) is 105 cm³/mol. The van der Waals surface area contributed by atoms with E-state index in [4.69, 9.17) is 0 Å². The Morgan fingerprint density at radius 2 is 1.57 bits per heavy atom. The SMILES string of the molecule is O=C(NC1CC1)c1ccc(CN(C(=O)CCc2ccc(F)cc2)C2CC2)cc1. The number of hydrogen-bond donors (Lipinski definition) is 1. The number of carbonyl (C=O) groups is 2. The van der Waals surface area contributed by atoms with Gasteiger partial charge in [-0.25, -0.2) is 4.39 Å². The maximum absolute atomic E-state index is 13.0. The van der Waals surface area contributed by atoms with E-state index in [9.17, 15) is 14.0 Å². The maximum atomic E-state index is 13.0. The zero-order chi connectivity index (χ0) is 19.5. The van der Waals surface area contributed by atoms with Gasteiger partial charge in [-0.2, -0.15) is 0 Å².